The lowest BCUT2D eigenvalue weighted by molar-refractivity contribution is -0.0329. The van der Waals surface area contributed by atoms with Gasteiger partial charge in [-0.1, -0.05) is 26.0 Å². The van der Waals surface area contributed by atoms with Crippen LogP contribution in [-0.4, -0.2) is 58.3 Å². The Hall–Kier alpha value is -2.55. The Kier molecular flexibility index (Phi) is 6.70. The van der Waals surface area contributed by atoms with Crippen molar-refractivity contribution in [2.24, 2.45) is 0 Å². The minimum atomic E-state index is -4.53. The van der Waals surface area contributed by atoms with Crippen molar-refractivity contribution in [3.8, 4) is 0 Å². The molecule has 1 fully saturated rings. The third-order valence-electron chi connectivity index (χ3n) is 4.89. The molecule has 1 aliphatic rings. The Morgan fingerprint density at radius 1 is 0.967 bits per heavy atom. The maximum Gasteiger partial charge on any atom is 0.447 e. The molecule has 5 nitrogen and oxygen atoms in total. The summed E-state index contributed by atoms with van der Waals surface area (Å²) < 4.78 is 38.3. The van der Waals surface area contributed by atoms with E-state index in [0.717, 1.165) is 5.56 Å². The van der Waals surface area contributed by atoms with E-state index in [4.69, 9.17) is 0 Å². The van der Waals surface area contributed by atoms with E-state index in [1.807, 2.05) is 12.1 Å². The maximum absolute atomic E-state index is 12.8. The van der Waals surface area contributed by atoms with Gasteiger partial charge in [0.05, 0.1) is 5.56 Å². The summed E-state index contributed by atoms with van der Waals surface area (Å²) in [5, 5.41) is -0.362. The van der Waals surface area contributed by atoms with Gasteiger partial charge in [-0.25, -0.2) is 4.98 Å². The maximum atomic E-state index is 12.8. The van der Waals surface area contributed by atoms with E-state index in [1.54, 1.807) is 17.0 Å². The molecule has 0 unspecified atom stereocenters. The zero-order valence-electron chi connectivity index (χ0n) is 16.6. The molecule has 1 aliphatic heterocycles. The molecule has 1 aromatic heterocycles. The Bertz CT molecular complexity index is 908. The normalized spacial score (nSPS) is 14.9. The highest BCUT2D eigenvalue weighted by Crippen LogP contribution is 2.37. The van der Waals surface area contributed by atoms with Gasteiger partial charge >= 0.3 is 5.51 Å². The number of aromatic nitrogens is 1. The second-order valence-electron chi connectivity index (χ2n) is 7.27. The van der Waals surface area contributed by atoms with Crippen LogP contribution in [0.1, 0.15) is 46.0 Å². The van der Waals surface area contributed by atoms with Gasteiger partial charge in [-0.15, -0.1) is 0 Å². The number of thioether (sulfide) groups is 1. The predicted octanol–water partition coefficient (Wildman–Crippen LogP) is 4.42. The van der Waals surface area contributed by atoms with Gasteiger partial charge in [0.1, 0.15) is 5.03 Å². The topological polar surface area (TPSA) is 53.5 Å². The molecule has 0 atom stereocenters. The smallest absolute Gasteiger partial charge is 0.335 e. The van der Waals surface area contributed by atoms with Crippen LogP contribution < -0.4 is 0 Å². The summed E-state index contributed by atoms with van der Waals surface area (Å²) in [5.41, 5.74) is -2.88. The first-order chi connectivity index (χ1) is 14.2. The lowest BCUT2D eigenvalue weighted by Gasteiger charge is -2.35. The summed E-state index contributed by atoms with van der Waals surface area (Å²) in [6.45, 7) is 5.29. The second kappa shape index (κ2) is 9.07. The molecule has 2 heterocycles. The molecular formula is C21H22F3N3O2S. The first-order valence-corrected chi connectivity index (χ1v) is 10.4. The number of carbonyl (C=O) groups is 2. The van der Waals surface area contributed by atoms with Crippen LogP contribution in [0.5, 0.6) is 0 Å². The van der Waals surface area contributed by atoms with Crippen LogP contribution in [0.4, 0.5) is 13.2 Å². The molecule has 30 heavy (non-hydrogen) atoms. The van der Waals surface area contributed by atoms with Crippen molar-refractivity contribution in [2.45, 2.75) is 30.3 Å². The second-order valence-corrected chi connectivity index (χ2v) is 8.32. The number of nitrogens with zero attached hydrogens (tertiary/aromatic N) is 3. The first kappa shape index (κ1) is 22.1. The van der Waals surface area contributed by atoms with Crippen molar-refractivity contribution < 1.29 is 22.8 Å². The summed E-state index contributed by atoms with van der Waals surface area (Å²) in [7, 11) is 0. The molecule has 2 aromatic rings. The fourth-order valence-corrected chi connectivity index (χ4v) is 3.82. The van der Waals surface area contributed by atoms with E-state index in [9.17, 15) is 22.8 Å². The Labute approximate surface area is 177 Å². The average Bonchev–Trinajstić information content (AvgIpc) is 2.72. The highest BCUT2D eigenvalue weighted by atomic mass is 32.2. The molecule has 0 saturated carbocycles. The van der Waals surface area contributed by atoms with Crippen molar-refractivity contribution >= 4 is 23.6 Å². The quantitative estimate of drug-likeness (QED) is 0.665. The van der Waals surface area contributed by atoms with Crippen LogP contribution in [-0.2, 0) is 0 Å². The molecule has 0 spiro atoms. The highest BCUT2D eigenvalue weighted by molar-refractivity contribution is 8.00. The SMILES string of the molecule is CC(C)c1ccc(C(=O)N2CCN(C(=O)c3cccnc3SC(F)(F)F)CC2)cc1. The van der Waals surface area contributed by atoms with Gasteiger partial charge in [-0.2, -0.15) is 13.2 Å². The lowest BCUT2D eigenvalue weighted by Crippen LogP contribution is -2.50. The monoisotopic (exact) mass is 437 g/mol. The number of hydrogen-bond donors (Lipinski definition) is 0. The zero-order valence-corrected chi connectivity index (χ0v) is 17.5. The average molecular weight is 437 g/mol. The van der Waals surface area contributed by atoms with E-state index >= 15 is 0 Å². The molecule has 0 aliphatic carbocycles. The van der Waals surface area contributed by atoms with Gasteiger partial charge < -0.3 is 9.80 Å². The Morgan fingerprint density at radius 3 is 2.07 bits per heavy atom. The van der Waals surface area contributed by atoms with E-state index in [0.29, 0.717) is 24.6 Å². The minimum absolute atomic E-state index is 0.0797. The largest absolute Gasteiger partial charge is 0.447 e. The van der Waals surface area contributed by atoms with Gasteiger partial charge in [-0.05, 0) is 35.7 Å². The van der Waals surface area contributed by atoms with E-state index in [-0.39, 0.29) is 29.6 Å². The number of piperazine rings is 1. The molecule has 0 N–H and O–H groups in total. The van der Waals surface area contributed by atoms with Crippen LogP contribution in [0.3, 0.4) is 0 Å². The third kappa shape index (κ3) is 5.33. The van der Waals surface area contributed by atoms with E-state index in [2.05, 4.69) is 18.8 Å². The molecule has 1 aromatic carbocycles. The Balaban J connectivity index is 1.64. The lowest BCUT2D eigenvalue weighted by atomic mass is 10.0. The summed E-state index contributed by atoms with van der Waals surface area (Å²) in [6, 6.07) is 10.2. The number of amides is 2. The number of carbonyl (C=O) groups excluding carboxylic acids is 2. The molecular weight excluding hydrogens is 415 g/mol. The molecule has 2 amide bonds. The van der Waals surface area contributed by atoms with Crippen molar-refractivity contribution in [3.63, 3.8) is 0 Å². The number of alkyl halides is 3. The fraction of sp³-hybridized carbons (Fsp3) is 0.381. The summed E-state index contributed by atoms with van der Waals surface area (Å²) >= 11 is -0.398. The highest BCUT2D eigenvalue weighted by Gasteiger charge is 2.34. The molecule has 160 valence electrons. The predicted molar refractivity (Wildman–Crippen MR) is 108 cm³/mol. The number of rotatable bonds is 4. The number of benzene rings is 1. The van der Waals surface area contributed by atoms with Crippen LogP contribution in [0.25, 0.3) is 0 Å². The minimum Gasteiger partial charge on any atom is -0.335 e. The van der Waals surface area contributed by atoms with Crippen LogP contribution in [0, 0.1) is 0 Å². The van der Waals surface area contributed by atoms with Crippen molar-refractivity contribution in [3.05, 3.63) is 59.3 Å². The Morgan fingerprint density at radius 2 is 1.53 bits per heavy atom. The van der Waals surface area contributed by atoms with Gasteiger partial charge in [0.25, 0.3) is 11.8 Å². The van der Waals surface area contributed by atoms with Gasteiger partial charge in [0.15, 0.2) is 0 Å². The number of halogens is 3. The van der Waals surface area contributed by atoms with E-state index < -0.39 is 23.2 Å². The molecule has 3 rings (SSSR count). The van der Waals surface area contributed by atoms with Crippen molar-refractivity contribution in [2.75, 3.05) is 26.2 Å². The fourth-order valence-electron chi connectivity index (χ4n) is 3.22. The number of hydrogen-bond acceptors (Lipinski definition) is 4. The van der Waals surface area contributed by atoms with Crippen LogP contribution in [0.2, 0.25) is 0 Å². The van der Waals surface area contributed by atoms with Crippen LogP contribution in [0.15, 0.2) is 47.6 Å². The third-order valence-corrected chi connectivity index (χ3v) is 5.64. The van der Waals surface area contributed by atoms with Crippen molar-refractivity contribution in [1.29, 1.82) is 0 Å². The molecule has 1 saturated heterocycles. The summed E-state index contributed by atoms with van der Waals surface area (Å²) in [6.07, 6.45) is 1.23. The zero-order chi connectivity index (χ0) is 21.9. The van der Waals surface area contributed by atoms with Gasteiger partial charge in [-0.3, -0.25) is 9.59 Å². The van der Waals surface area contributed by atoms with Crippen LogP contribution >= 0.6 is 11.8 Å². The van der Waals surface area contributed by atoms with Crippen molar-refractivity contribution in [1.82, 2.24) is 14.8 Å². The molecule has 0 radical (unpaired) electrons. The van der Waals surface area contributed by atoms with Gasteiger partial charge in [0, 0.05) is 49.7 Å². The summed E-state index contributed by atoms with van der Waals surface area (Å²) in [5.74, 6) is -0.257. The number of pyridine rings is 1. The standard InChI is InChI=1S/C21H22F3N3O2S/c1-14(2)15-5-7-16(8-6-15)19(28)26-10-12-27(13-11-26)20(29)17-4-3-9-25-18(17)30-21(22,23)24/h3-9,14H,10-13H2,1-2H3. The summed E-state index contributed by atoms with van der Waals surface area (Å²) in [4.78, 5) is 32.3. The molecule has 0 bridgehead atoms. The first-order valence-electron chi connectivity index (χ1n) is 9.55. The van der Waals surface area contributed by atoms with E-state index in [1.165, 1.54) is 23.2 Å². The van der Waals surface area contributed by atoms with Gasteiger partial charge in [0.2, 0.25) is 0 Å². The molecule has 9 heteroatoms.